The first-order chi connectivity index (χ1) is 9.13. The number of rotatable bonds is 2. The van der Waals surface area contributed by atoms with E-state index in [1.54, 1.807) is 18.2 Å². The lowest BCUT2D eigenvalue weighted by Crippen LogP contribution is -2.12. The molecule has 0 amide bonds. The van der Waals surface area contributed by atoms with Crippen LogP contribution in [0.1, 0.15) is 21.5 Å². The van der Waals surface area contributed by atoms with Crippen molar-refractivity contribution in [3.8, 4) is 0 Å². The molecular formula is C16H12F2O. The Kier molecular flexibility index (Phi) is 2.90. The molecular weight excluding hydrogens is 246 g/mol. The van der Waals surface area contributed by atoms with Crippen molar-refractivity contribution in [2.75, 3.05) is 0 Å². The molecule has 1 nitrogen and oxygen atoms in total. The first-order valence-corrected chi connectivity index (χ1v) is 6.20. The van der Waals surface area contributed by atoms with E-state index < -0.39 is 0 Å². The summed E-state index contributed by atoms with van der Waals surface area (Å²) in [5, 5.41) is 0. The van der Waals surface area contributed by atoms with Crippen molar-refractivity contribution in [1.29, 1.82) is 0 Å². The van der Waals surface area contributed by atoms with E-state index in [2.05, 4.69) is 0 Å². The fourth-order valence-corrected chi connectivity index (χ4v) is 2.62. The highest BCUT2D eigenvalue weighted by atomic mass is 19.1. The Morgan fingerprint density at radius 1 is 1.00 bits per heavy atom. The van der Waals surface area contributed by atoms with Crippen molar-refractivity contribution in [1.82, 2.24) is 0 Å². The lowest BCUT2D eigenvalue weighted by atomic mass is 9.96. The van der Waals surface area contributed by atoms with Crippen LogP contribution < -0.4 is 0 Å². The fourth-order valence-electron chi connectivity index (χ4n) is 2.62. The summed E-state index contributed by atoms with van der Waals surface area (Å²) >= 11 is 0. The van der Waals surface area contributed by atoms with Crippen LogP contribution in [0.25, 0.3) is 0 Å². The summed E-state index contributed by atoms with van der Waals surface area (Å²) < 4.78 is 26.0. The van der Waals surface area contributed by atoms with Gasteiger partial charge in [0.1, 0.15) is 11.6 Å². The number of hydrogen-bond acceptors (Lipinski definition) is 1. The fraction of sp³-hybridized carbons (Fsp3) is 0.188. The van der Waals surface area contributed by atoms with Gasteiger partial charge in [-0.25, -0.2) is 8.78 Å². The zero-order chi connectivity index (χ0) is 13.4. The van der Waals surface area contributed by atoms with Crippen LogP contribution in [-0.2, 0) is 12.8 Å². The normalized spacial score (nSPS) is 17.6. The van der Waals surface area contributed by atoms with Crippen LogP contribution in [0, 0.1) is 17.6 Å². The third-order valence-electron chi connectivity index (χ3n) is 3.57. The summed E-state index contributed by atoms with van der Waals surface area (Å²) in [4.78, 5) is 12.2. The monoisotopic (exact) mass is 258 g/mol. The van der Waals surface area contributed by atoms with E-state index in [0.717, 1.165) is 11.1 Å². The SMILES string of the molecule is O=C1c2ccc(F)cc2C[C@@H]1Cc1ccc(F)cc1. The minimum Gasteiger partial charge on any atom is -0.294 e. The van der Waals surface area contributed by atoms with Crippen LogP contribution >= 0.6 is 0 Å². The maximum atomic E-state index is 13.1. The summed E-state index contributed by atoms with van der Waals surface area (Å²) in [5.41, 5.74) is 2.32. The Hall–Kier alpha value is -2.03. The summed E-state index contributed by atoms with van der Waals surface area (Å²) in [6, 6.07) is 10.5. The van der Waals surface area contributed by atoms with E-state index in [4.69, 9.17) is 0 Å². The van der Waals surface area contributed by atoms with Crippen LogP contribution in [-0.4, -0.2) is 5.78 Å². The van der Waals surface area contributed by atoms with Gasteiger partial charge in [0.15, 0.2) is 5.78 Å². The molecule has 0 N–H and O–H groups in total. The molecule has 2 aromatic carbocycles. The number of fused-ring (bicyclic) bond motifs is 1. The van der Waals surface area contributed by atoms with E-state index in [1.165, 1.54) is 24.3 Å². The first kappa shape index (κ1) is 12.0. The predicted molar refractivity (Wildman–Crippen MR) is 68.0 cm³/mol. The van der Waals surface area contributed by atoms with Gasteiger partial charge in [0.2, 0.25) is 0 Å². The molecule has 96 valence electrons. The molecule has 0 saturated heterocycles. The predicted octanol–water partition coefficient (Wildman–Crippen LogP) is 3.56. The van der Waals surface area contributed by atoms with Gasteiger partial charge in [-0.1, -0.05) is 12.1 Å². The van der Waals surface area contributed by atoms with Gasteiger partial charge in [0.25, 0.3) is 0 Å². The van der Waals surface area contributed by atoms with Gasteiger partial charge in [-0.05, 0) is 54.3 Å². The Bertz CT molecular complexity index is 632. The zero-order valence-corrected chi connectivity index (χ0v) is 10.2. The van der Waals surface area contributed by atoms with E-state index in [9.17, 15) is 13.6 Å². The molecule has 1 atom stereocenters. The maximum absolute atomic E-state index is 13.1. The van der Waals surface area contributed by atoms with Crippen molar-refractivity contribution in [2.24, 2.45) is 5.92 Å². The minimum atomic E-state index is -0.311. The Balaban J connectivity index is 1.82. The minimum absolute atomic E-state index is 0.0549. The highest BCUT2D eigenvalue weighted by molar-refractivity contribution is 6.02. The van der Waals surface area contributed by atoms with E-state index >= 15 is 0 Å². The van der Waals surface area contributed by atoms with Gasteiger partial charge < -0.3 is 0 Å². The molecule has 0 spiro atoms. The molecule has 0 fully saturated rings. The molecule has 2 aromatic rings. The molecule has 1 aliphatic carbocycles. The van der Waals surface area contributed by atoms with Crippen LogP contribution in [0.4, 0.5) is 8.78 Å². The largest absolute Gasteiger partial charge is 0.294 e. The molecule has 0 bridgehead atoms. The van der Waals surface area contributed by atoms with E-state index in [1.807, 2.05) is 0 Å². The second-order valence-corrected chi connectivity index (χ2v) is 4.90. The Labute approximate surface area is 109 Å². The second-order valence-electron chi connectivity index (χ2n) is 4.90. The van der Waals surface area contributed by atoms with Crippen molar-refractivity contribution in [2.45, 2.75) is 12.8 Å². The van der Waals surface area contributed by atoms with Gasteiger partial charge in [0, 0.05) is 11.5 Å². The lowest BCUT2D eigenvalue weighted by molar-refractivity contribution is 0.0936. The topological polar surface area (TPSA) is 17.1 Å². The number of ketones is 1. The van der Waals surface area contributed by atoms with Crippen molar-refractivity contribution in [3.05, 3.63) is 70.8 Å². The average Bonchev–Trinajstić information content (AvgIpc) is 2.68. The van der Waals surface area contributed by atoms with Gasteiger partial charge in [-0.3, -0.25) is 4.79 Å². The standard InChI is InChI=1S/C16H12F2O/c17-13-3-1-10(2-4-13)7-12-8-11-9-14(18)5-6-15(11)16(12)19/h1-6,9,12H,7-8H2/t12-/m0/s1. The molecule has 19 heavy (non-hydrogen) atoms. The van der Waals surface area contributed by atoms with E-state index in [-0.39, 0.29) is 23.3 Å². The van der Waals surface area contributed by atoms with E-state index in [0.29, 0.717) is 18.4 Å². The second kappa shape index (κ2) is 4.57. The summed E-state index contributed by atoms with van der Waals surface area (Å²) in [6.45, 7) is 0. The van der Waals surface area contributed by atoms with Crippen molar-refractivity contribution in [3.63, 3.8) is 0 Å². The molecule has 1 aliphatic rings. The molecule has 0 aromatic heterocycles. The molecule has 3 heteroatoms. The summed E-state index contributed by atoms with van der Waals surface area (Å²) in [6.07, 6.45) is 1.12. The summed E-state index contributed by atoms with van der Waals surface area (Å²) in [7, 11) is 0. The number of hydrogen-bond donors (Lipinski definition) is 0. The first-order valence-electron chi connectivity index (χ1n) is 6.20. The van der Waals surface area contributed by atoms with Crippen molar-refractivity contribution < 1.29 is 13.6 Å². The van der Waals surface area contributed by atoms with Crippen LogP contribution in [0.3, 0.4) is 0 Å². The average molecular weight is 258 g/mol. The highest BCUT2D eigenvalue weighted by Gasteiger charge is 2.30. The third-order valence-corrected chi connectivity index (χ3v) is 3.57. The quantitative estimate of drug-likeness (QED) is 0.805. The number of carbonyl (C=O) groups is 1. The van der Waals surface area contributed by atoms with Gasteiger partial charge >= 0.3 is 0 Å². The van der Waals surface area contributed by atoms with Crippen molar-refractivity contribution >= 4 is 5.78 Å². The number of carbonyl (C=O) groups excluding carboxylic acids is 1. The lowest BCUT2D eigenvalue weighted by Gasteiger charge is -2.07. The number of benzene rings is 2. The highest BCUT2D eigenvalue weighted by Crippen LogP contribution is 2.29. The molecule has 3 rings (SSSR count). The molecule has 0 saturated carbocycles. The molecule has 0 aliphatic heterocycles. The molecule has 0 heterocycles. The van der Waals surface area contributed by atoms with Crippen LogP contribution in [0.15, 0.2) is 42.5 Å². The van der Waals surface area contributed by atoms with Gasteiger partial charge in [-0.15, -0.1) is 0 Å². The number of halogens is 2. The van der Waals surface area contributed by atoms with Gasteiger partial charge in [0.05, 0.1) is 0 Å². The maximum Gasteiger partial charge on any atom is 0.166 e. The zero-order valence-electron chi connectivity index (χ0n) is 10.2. The summed E-state index contributed by atoms with van der Waals surface area (Å²) in [5.74, 6) is -0.706. The van der Waals surface area contributed by atoms with Gasteiger partial charge in [-0.2, -0.15) is 0 Å². The third kappa shape index (κ3) is 2.28. The molecule has 0 radical (unpaired) electrons. The van der Waals surface area contributed by atoms with Crippen LogP contribution in [0.2, 0.25) is 0 Å². The Morgan fingerprint density at radius 2 is 1.68 bits per heavy atom. The van der Waals surface area contributed by atoms with Crippen LogP contribution in [0.5, 0.6) is 0 Å². The number of Topliss-reactive ketones (excluding diaryl/α,β-unsaturated/α-hetero) is 1. The smallest absolute Gasteiger partial charge is 0.166 e. The molecule has 0 unspecified atom stereocenters. The Morgan fingerprint density at radius 3 is 2.42 bits per heavy atom.